The van der Waals surface area contributed by atoms with Gasteiger partial charge in [-0.3, -0.25) is 4.79 Å². The van der Waals surface area contributed by atoms with Crippen LogP contribution in [-0.2, 0) is 21.5 Å². The lowest BCUT2D eigenvalue weighted by Gasteiger charge is -2.32. The number of rotatable bonds is 3. The second kappa shape index (κ2) is 7.71. The number of hydrogen-bond acceptors (Lipinski definition) is 7. The number of esters is 1. The van der Waals surface area contributed by atoms with Gasteiger partial charge in [-0.15, -0.1) is 11.3 Å². The molecule has 0 fully saturated rings. The molecule has 2 aliphatic heterocycles. The number of halogens is 1. The highest BCUT2D eigenvalue weighted by Gasteiger charge is 2.60. The van der Waals surface area contributed by atoms with Crippen LogP contribution in [0.15, 0.2) is 60.0 Å². The second-order valence-electron chi connectivity index (χ2n) is 7.92. The molecule has 1 unspecified atom stereocenters. The Bertz CT molecular complexity index is 1450. The molecule has 3 heterocycles. The summed E-state index contributed by atoms with van der Waals surface area (Å²) in [6.45, 7) is 1.79. The van der Waals surface area contributed by atoms with Crippen LogP contribution in [0.4, 0.5) is 10.1 Å². The van der Waals surface area contributed by atoms with Crippen LogP contribution >= 0.6 is 11.3 Å². The summed E-state index contributed by atoms with van der Waals surface area (Å²) < 4.78 is 24.6. The molecule has 5 rings (SSSR count). The third kappa shape index (κ3) is 2.79. The zero-order valence-electron chi connectivity index (χ0n) is 18.2. The minimum atomic E-state index is -1.60. The van der Waals surface area contributed by atoms with Crippen molar-refractivity contribution in [3.8, 4) is 11.8 Å². The Balaban J connectivity index is 1.80. The van der Waals surface area contributed by atoms with Crippen molar-refractivity contribution < 1.29 is 23.5 Å². The minimum Gasteiger partial charge on any atom is -0.465 e. The Hall–Kier alpha value is -4.16. The van der Waals surface area contributed by atoms with Gasteiger partial charge < -0.3 is 20.1 Å². The highest BCUT2D eigenvalue weighted by Crippen LogP contribution is 2.58. The van der Waals surface area contributed by atoms with E-state index in [1.165, 1.54) is 35.5 Å². The van der Waals surface area contributed by atoms with E-state index >= 15 is 0 Å². The first-order chi connectivity index (χ1) is 16.3. The molecule has 1 amide bonds. The van der Waals surface area contributed by atoms with Gasteiger partial charge in [-0.25, -0.2) is 9.18 Å². The van der Waals surface area contributed by atoms with Gasteiger partial charge in [0.2, 0.25) is 11.8 Å². The number of para-hydroxylation sites is 1. The summed E-state index contributed by atoms with van der Waals surface area (Å²) in [5, 5.41) is 10.1. The quantitative estimate of drug-likeness (QED) is 0.576. The summed E-state index contributed by atoms with van der Waals surface area (Å²) in [5.74, 6) is -1.62. The van der Waals surface area contributed by atoms with E-state index < -0.39 is 23.1 Å². The number of amides is 1. The summed E-state index contributed by atoms with van der Waals surface area (Å²) in [5.41, 5.74) is 6.38. The molecule has 170 valence electrons. The minimum absolute atomic E-state index is 0.0585. The van der Waals surface area contributed by atoms with E-state index in [9.17, 15) is 19.2 Å². The number of benzene rings is 2. The van der Waals surface area contributed by atoms with Gasteiger partial charge in [0, 0.05) is 16.1 Å². The van der Waals surface area contributed by atoms with E-state index in [0.717, 1.165) is 0 Å². The third-order valence-electron chi connectivity index (χ3n) is 6.11. The fourth-order valence-corrected chi connectivity index (χ4v) is 5.97. The van der Waals surface area contributed by atoms with Crippen molar-refractivity contribution in [2.24, 2.45) is 5.73 Å². The molecule has 1 aromatic heterocycles. The number of nitriles is 1. The first-order valence-corrected chi connectivity index (χ1v) is 11.1. The van der Waals surface area contributed by atoms with Gasteiger partial charge in [0.1, 0.15) is 23.0 Å². The van der Waals surface area contributed by atoms with Crippen LogP contribution in [0.25, 0.3) is 0 Å². The molecule has 0 saturated heterocycles. The van der Waals surface area contributed by atoms with Crippen molar-refractivity contribution >= 4 is 28.9 Å². The molecule has 9 heteroatoms. The molecule has 0 radical (unpaired) electrons. The van der Waals surface area contributed by atoms with Crippen molar-refractivity contribution in [2.45, 2.75) is 18.9 Å². The van der Waals surface area contributed by atoms with Gasteiger partial charge >= 0.3 is 5.97 Å². The molecular formula is C25H18FN3O4S. The fourth-order valence-electron chi connectivity index (χ4n) is 4.69. The highest BCUT2D eigenvalue weighted by molar-refractivity contribution is 7.13. The predicted octanol–water partition coefficient (Wildman–Crippen LogP) is 3.90. The maximum absolute atomic E-state index is 14.3. The van der Waals surface area contributed by atoms with Crippen LogP contribution in [-0.4, -0.2) is 19.0 Å². The number of hydrogen-bond donors (Lipinski definition) is 1. The molecule has 1 atom stereocenters. The van der Waals surface area contributed by atoms with Crippen LogP contribution in [0, 0.1) is 24.1 Å². The molecule has 2 aromatic carbocycles. The SMILES string of the molecule is COC(=O)c1c(C)sc2c1OC(N)=C(C#N)C21C(=O)N(Cc2cccc(F)c2)c2ccccc21. The molecule has 0 saturated carbocycles. The topological polar surface area (TPSA) is 106 Å². The van der Waals surface area contributed by atoms with Crippen LogP contribution in [0.1, 0.15) is 31.2 Å². The highest BCUT2D eigenvalue weighted by atomic mass is 32.1. The number of fused-ring (bicyclic) bond motifs is 4. The third-order valence-corrected chi connectivity index (χ3v) is 7.32. The predicted molar refractivity (Wildman–Crippen MR) is 123 cm³/mol. The van der Waals surface area contributed by atoms with Crippen molar-refractivity contribution in [3.05, 3.63) is 92.2 Å². The average molecular weight is 476 g/mol. The number of methoxy groups -OCH3 is 1. The molecule has 2 N–H and O–H groups in total. The summed E-state index contributed by atoms with van der Waals surface area (Å²) in [6, 6.07) is 15.1. The fraction of sp³-hybridized carbons (Fsp3) is 0.160. The zero-order valence-corrected chi connectivity index (χ0v) is 19.0. The lowest BCUT2D eigenvalue weighted by molar-refractivity contribution is -0.121. The monoisotopic (exact) mass is 475 g/mol. The average Bonchev–Trinajstić information content (AvgIpc) is 3.27. The summed E-state index contributed by atoms with van der Waals surface area (Å²) in [7, 11) is 1.25. The van der Waals surface area contributed by atoms with Crippen LogP contribution < -0.4 is 15.4 Å². The molecular weight excluding hydrogens is 457 g/mol. The van der Waals surface area contributed by atoms with Crippen LogP contribution in [0.5, 0.6) is 5.75 Å². The smallest absolute Gasteiger partial charge is 0.342 e. The molecule has 2 aliphatic rings. The maximum atomic E-state index is 14.3. The number of carbonyl (C=O) groups is 2. The summed E-state index contributed by atoms with van der Waals surface area (Å²) in [4.78, 5) is 29.3. The number of nitrogens with two attached hydrogens (primary N) is 1. The molecule has 7 nitrogen and oxygen atoms in total. The Morgan fingerprint density at radius 1 is 1.29 bits per heavy atom. The van der Waals surface area contributed by atoms with Gasteiger partial charge in [-0.2, -0.15) is 5.26 Å². The summed E-state index contributed by atoms with van der Waals surface area (Å²) >= 11 is 1.18. The molecule has 3 aromatic rings. The van der Waals surface area contributed by atoms with E-state index in [2.05, 4.69) is 6.07 Å². The van der Waals surface area contributed by atoms with Gasteiger partial charge in [-0.05, 0) is 30.7 Å². The molecule has 0 aliphatic carbocycles. The Labute approximate surface area is 198 Å². The Kier molecular flexibility index (Phi) is 4.92. The van der Waals surface area contributed by atoms with E-state index in [1.54, 1.807) is 43.3 Å². The lowest BCUT2D eigenvalue weighted by atomic mass is 9.72. The van der Waals surface area contributed by atoms with Gasteiger partial charge in [0.25, 0.3) is 0 Å². The Morgan fingerprint density at radius 3 is 2.76 bits per heavy atom. The van der Waals surface area contributed by atoms with Crippen molar-refractivity contribution in [1.29, 1.82) is 5.26 Å². The second-order valence-corrected chi connectivity index (χ2v) is 9.15. The first-order valence-electron chi connectivity index (χ1n) is 10.3. The zero-order chi connectivity index (χ0) is 24.2. The lowest BCUT2D eigenvalue weighted by Crippen LogP contribution is -2.45. The number of carbonyl (C=O) groups excluding carboxylic acids is 2. The van der Waals surface area contributed by atoms with Crippen molar-refractivity contribution in [3.63, 3.8) is 0 Å². The van der Waals surface area contributed by atoms with E-state index in [0.29, 0.717) is 26.6 Å². The molecule has 34 heavy (non-hydrogen) atoms. The van der Waals surface area contributed by atoms with E-state index in [1.807, 2.05) is 0 Å². The van der Waals surface area contributed by atoms with Gasteiger partial charge in [0.05, 0.1) is 18.5 Å². The first kappa shape index (κ1) is 21.7. The summed E-state index contributed by atoms with van der Waals surface area (Å²) in [6.07, 6.45) is 0. The van der Waals surface area contributed by atoms with Crippen molar-refractivity contribution in [2.75, 3.05) is 12.0 Å². The number of ether oxygens (including phenoxy) is 2. The van der Waals surface area contributed by atoms with Crippen LogP contribution in [0.3, 0.4) is 0 Å². The van der Waals surface area contributed by atoms with Crippen LogP contribution in [0.2, 0.25) is 0 Å². The Morgan fingerprint density at radius 2 is 2.06 bits per heavy atom. The number of anilines is 1. The van der Waals surface area contributed by atoms with E-state index in [-0.39, 0.29) is 29.3 Å². The number of nitrogens with zero attached hydrogens (tertiary/aromatic N) is 2. The normalized spacial score (nSPS) is 18.4. The van der Waals surface area contributed by atoms with E-state index in [4.69, 9.17) is 15.2 Å². The standard InChI is InChI=1S/C25H18FN3O4S/c1-13-19(23(30)32-2)20-21(34-13)25(17(11-27)22(28)33-20)16-8-3-4-9-18(16)29(24(25)31)12-14-6-5-7-15(26)10-14/h3-10H,12,28H2,1-2H3. The number of thiophene rings is 1. The van der Waals surface area contributed by atoms with Crippen molar-refractivity contribution in [1.82, 2.24) is 0 Å². The maximum Gasteiger partial charge on any atom is 0.342 e. The molecule has 0 bridgehead atoms. The van der Waals surface area contributed by atoms with Gasteiger partial charge in [-0.1, -0.05) is 30.3 Å². The largest absolute Gasteiger partial charge is 0.465 e. The van der Waals surface area contributed by atoms with Gasteiger partial charge in [0.15, 0.2) is 11.2 Å². The number of aryl methyl sites for hydroxylation is 1. The molecule has 1 spiro atoms.